The molecule has 0 saturated carbocycles. The Morgan fingerprint density at radius 1 is 0.400 bits per heavy atom. The van der Waals surface area contributed by atoms with Crippen molar-refractivity contribution >= 4 is 33.3 Å². The van der Waals surface area contributed by atoms with Gasteiger partial charge in [-0.25, -0.2) is 0 Å². The van der Waals surface area contributed by atoms with E-state index >= 15 is 0 Å². The first kappa shape index (κ1) is 64.7. The number of hydrogen-bond donors (Lipinski definition) is 2. The maximum absolute atomic E-state index is 13.5. The molecule has 0 aromatic rings. The summed E-state index contributed by atoms with van der Waals surface area (Å²) in [6.45, 7) is 59.7. The molecule has 14 heteroatoms. The molecule has 0 spiro atoms. The molecule has 2 rings (SSSR count). The van der Waals surface area contributed by atoms with Gasteiger partial charge in [-0.3, -0.25) is 0 Å². The molecule has 2 radical (unpaired) electrons. The van der Waals surface area contributed by atoms with Crippen molar-refractivity contribution < 1.29 is 38.3 Å². The highest BCUT2D eigenvalue weighted by Gasteiger charge is 2.53. The van der Waals surface area contributed by atoms with Gasteiger partial charge in [0.25, 0.3) is 0 Å². The van der Waals surface area contributed by atoms with Crippen LogP contribution in [0.15, 0.2) is 22.3 Å². The van der Waals surface area contributed by atoms with E-state index in [1.807, 2.05) is 55.4 Å². The van der Waals surface area contributed by atoms with E-state index in [4.69, 9.17) is 17.7 Å². The van der Waals surface area contributed by atoms with Crippen molar-refractivity contribution in [3.63, 3.8) is 0 Å². The first-order valence-corrected chi connectivity index (χ1v) is 37.3. The van der Waals surface area contributed by atoms with Crippen LogP contribution >= 0.6 is 0 Å². The van der Waals surface area contributed by atoms with Crippen LogP contribution in [0.1, 0.15) is 164 Å². The molecule has 2 saturated heterocycles. The zero-order chi connectivity index (χ0) is 55.2. The predicted octanol–water partition coefficient (Wildman–Crippen LogP) is 13.1. The number of rotatable bonds is 12. The van der Waals surface area contributed by atoms with E-state index in [1.165, 1.54) is 0 Å². The van der Waals surface area contributed by atoms with Crippen molar-refractivity contribution in [1.29, 1.82) is 0 Å². The Morgan fingerprint density at radius 2 is 0.571 bits per heavy atom. The summed E-state index contributed by atoms with van der Waals surface area (Å²) in [7, 11) is -9.46. The van der Waals surface area contributed by atoms with Crippen LogP contribution in [-0.2, 0) is 28.1 Å². The smallest absolute Gasteiger partial charge is 0.192 e. The van der Waals surface area contributed by atoms with E-state index in [9.17, 15) is 20.6 Å². The largest absolute Gasteiger partial charge is 0.412 e. The number of aliphatic hydroxyl groups is 2. The van der Waals surface area contributed by atoms with Gasteiger partial charge in [0.05, 0.1) is 26.4 Å². The normalized spacial score (nSPS) is 21.8. The molecular weight excluding hydrogens is 941 g/mol. The first-order valence-electron chi connectivity index (χ1n) is 25.7. The second-order valence-corrected chi connectivity index (χ2v) is 48.7. The highest BCUT2D eigenvalue weighted by atomic mass is 28.4. The first-order chi connectivity index (χ1) is 30.7. The quantitative estimate of drug-likeness (QED) is 0.146. The number of hydrogen-bond acceptors (Lipinski definition) is 8. The Balaban J connectivity index is 3.32. The van der Waals surface area contributed by atoms with Gasteiger partial charge >= 0.3 is 0 Å². The van der Waals surface area contributed by atoms with Gasteiger partial charge in [-0.15, -0.1) is 20.5 Å². The number of nitrogens with zero attached hydrogens (tertiary/aromatic N) is 2. The maximum Gasteiger partial charge on any atom is 0.192 e. The second-order valence-electron chi connectivity index (χ2n) is 29.5. The van der Waals surface area contributed by atoms with Crippen LogP contribution in [0, 0.1) is 35.5 Å². The van der Waals surface area contributed by atoms with Gasteiger partial charge in [-0.2, -0.15) is 0 Å². The molecule has 10 nitrogen and oxygen atoms in total. The third-order valence-electron chi connectivity index (χ3n) is 16.6. The molecule has 0 amide bonds. The standard InChI is InChI=1S/C56H102N2O8Si4/c1-47(2,3)67(21,22)63-35-43(45(37-65-69(25,26)49(7,8)9)31-33-55(59)39-51(13,14)57(61)52(15,16)40-55)29-30-44(36-64-68(23,24)48(4,5)6)46(38-66-70(27,28)50(10,11)12)32-34-56(60)41-53(17,18)58(62)54(19,20)42-56/h59-60H,35-42H2,1-28H3/b45-43+,46-44+. The van der Waals surface area contributed by atoms with Crippen molar-refractivity contribution in [2.75, 3.05) is 26.4 Å². The Hall–Kier alpha value is -1.37. The van der Waals surface area contributed by atoms with E-state index in [-0.39, 0.29) is 72.3 Å². The maximum atomic E-state index is 13.5. The molecule has 0 aliphatic carbocycles. The molecule has 0 unspecified atom stereocenters. The van der Waals surface area contributed by atoms with Crippen molar-refractivity contribution in [1.82, 2.24) is 10.1 Å². The Labute approximate surface area is 433 Å². The van der Waals surface area contributed by atoms with Gasteiger partial charge in [-0.1, -0.05) is 119 Å². The average molecular weight is 1040 g/mol. The number of piperidine rings is 2. The van der Waals surface area contributed by atoms with Crippen LogP contribution in [0.25, 0.3) is 0 Å². The highest BCUT2D eigenvalue weighted by Crippen LogP contribution is 2.45. The lowest BCUT2D eigenvalue weighted by Gasteiger charge is -2.51. The van der Waals surface area contributed by atoms with E-state index in [0.717, 1.165) is 10.1 Å². The van der Waals surface area contributed by atoms with E-state index in [2.05, 4.69) is 171 Å². The predicted molar refractivity (Wildman–Crippen MR) is 300 cm³/mol. The Morgan fingerprint density at radius 3 is 0.743 bits per heavy atom. The Kier molecular flexibility index (Phi) is 19.7. The minimum atomic E-state index is -2.37. The van der Waals surface area contributed by atoms with Crippen molar-refractivity contribution in [3.05, 3.63) is 22.3 Å². The molecule has 2 heterocycles. The van der Waals surface area contributed by atoms with Gasteiger partial charge in [0.2, 0.25) is 0 Å². The third kappa shape index (κ3) is 16.6. The fraction of sp³-hybridized carbons (Fsp3) is 0.821. The summed E-state index contributed by atoms with van der Waals surface area (Å²) >= 11 is 0. The lowest BCUT2D eigenvalue weighted by atomic mass is 9.72. The monoisotopic (exact) mass is 1040 g/mol. The molecular formula is C56H102N2O8Si4. The second kappa shape index (κ2) is 21.3. The zero-order valence-electron chi connectivity index (χ0n) is 49.9. The summed E-state index contributed by atoms with van der Waals surface area (Å²) in [5, 5.41) is 53.4. The summed E-state index contributed by atoms with van der Waals surface area (Å²) < 4.78 is 27.9. The van der Waals surface area contributed by atoms with E-state index in [0.29, 0.717) is 22.3 Å². The van der Waals surface area contributed by atoms with Gasteiger partial charge in [0, 0.05) is 70.1 Å². The zero-order valence-corrected chi connectivity index (χ0v) is 53.9. The summed E-state index contributed by atoms with van der Waals surface area (Å²) in [6.07, 6.45) is 0.664. The van der Waals surface area contributed by atoms with Crippen LogP contribution in [0.4, 0.5) is 0 Å². The average Bonchev–Trinajstić information content (AvgIpc) is 3.12. The topological polar surface area (TPSA) is 124 Å². The lowest BCUT2D eigenvalue weighted by molar-refractivity contribution is -0.305. The summed E-state index contributed by atoms with van der Waals surface area (Å²) in [4.78, 5) is 0. The fourth-order valence-electron chi connectivity index (χ4n) is 8.30. The van der Waals surface area contributed by atoms with E-state index in [1.54, 1.807) is 0 Å². The summed E-state index contributed by atoms with van der Waals surface area (Å²) in [6, 6.07) is 0. The lowest BCUT2D eigenvalue weighted by Crippen LogP contribution is -2.63. The van der Waals surface area contributed by atoms with Crippen LogP contribution in [0.2, 0.25) is 72.5 Å². The molecule has 2 aliphatic heterocycles. The van der Waals surface area contributed by atoms with E-state index < -0.39 is 66.6 Å². The molecule has 2 N–H and O–H groups in total. The molecule has 0 bridgehead atoms. The third-order valence-corrected chi connectivity index (χ3v) is 34.5. The van der Waals surface area contributed by atoms with Crippen molar-refractivity contribution in [2.24, 2.45) is 0 Å². The minimum Gasteiger partial charge on any atom is -0.412 e. The molecule has 400 valence electrons. The van der Waals surface area contributed by atoms with Crippen molar-refractivity contribution in [2.45, 2.75) is 270 Å². The fourth-order valence-corrected chi connectivity index (χ4v) is 12.0. The molecule has 2 fully saturated rings. The van der Waals surface area contributed by atoms with Crippen LogP contribution < -0.4 is 0 Å². The molecule has 2 aliphatic rings. The number of hydroxylamine groups is 4. The van der Waals surface area contributed by atoms with Crippen LogP contribution in [0.3, 0.4) is 0 Å². The molecule has 0 aromatic heterocycles. The Bertz CT molecular complexity index is 1940. The minimum absolute atomic E-state index is 0.101. The van der Waals surface area contributed by atoms with Gasteiger partial charge < -0.3 is 27.9 Å². The molecule has 0 atom stereocenters. The van der Waals surface area contributed by atoms with Gasteiger partial charge in [-0.05, 0) is 128 Å². The molecule has 70 heavy (non-hydrogen) atoms. The summed E-state index contributed by atoms with van der Waals surface area (Å²) in [5.41, 5.74) is -3.89. The van der Waals surface area contributed by atoms with Crippen molar-refractivity contribution in [3.8, 4) is 35.5 Å². The SMILES string of the molecule is CC1(C)CC(O)(C#C/C(CO[Si](C)(C)C(C)(C)C)=C(/C#C/C(CO[Si](C)(C)C(C)(C)C)=C(/C#CC2(O)CC(C)(C)N([O])C(C)(C)C2)CO[Si](C)(C)C(C)(C)C)CO[Si](C)(C)C(C)(C)C)CC(C)(C)N1[O]. The van der Waals surface area contributed by atoms with Crippen LogP contribution in [-0.4, -0.2) is 113 Å². The summed E-state index contributed by atoms with van der Waals surface area (Å²) in [5.74, 6) is 20.7. The highest BCUT2D eigenvalue weighted by molar-refractivity contribution is 6.75. The van der Waals surface area contributed by atoms with Gasteiger partial charge in [0.1, 0.15) is 11.2 Å². The van der Waals surface area contributed by atoms with Crippen LogP contribution in [0.5, 0.6) is 0 Å². The molecule has 0 aromatic carbocycles. The van der Waals surface area contributed by atoms with Gasteiger partial charge in [0.15, 0.2) is 33.3 Å².